The van der Waals surface area contributed by atoms with Gasteiger partial charge in [-0.05, 0) is 42.0 Å². The zero-order valence-corrected chi connectivity index (χ0v) is 16.2. The van der Waals surface area contributed by atoms with Gasteiger partial charge in [-0.25, -0.2) is 9.37 Å². The van der Waals surface area contributed by atoms with Gasteiger partial charge in [-0.1, -0.05) is 39.8 Å². The highest BCUT2D eigenvalue weighted by Gasteiger charge is 2.14. The van der Waals surface area contributed by atoms with Gasteiger partial charge in [0, 0.05) is 15.8 Å². The van der Waals surface area contributed by atoms with E-state index in [4.69, 9.17) is 5.73 Å². The number of H-pyrrole nitrogens is 1. The van der Waals surface area contributed by atoms with Gasteiger partial charge in [-0.2, -0.15) is 0 Å². The lowest BCUT2D eigenvalue weighted by Crippen LogP contribution is -2.23. The summed E-state index contributed by atoms with van der Waals surface area (Å²) < 4.78 is 13.9. The molecule has 9 heteroatoms. The second-order valence-corrected chi connectivity index (χ2v) is 7.39. The number of carbonyl (C=O) groups excluding carboxylic acids is 1. The molecule has 6 nitrogen and oxygen atoms in total. The number of hydrogen-bond acceptors (Lipinski definition) is 5. The normalized spacial score (nSPS) is 10.6. The molecule has 0 saturated carbocycles. The molecule has 1 amide bonds. The molecule has 0 aliphatic carbocycles. The van der Waals surface area contributed by atoms with E-state index in [1.807, 2.05) is 24.3 Å². The Morgan fingerprint density at radius 3 is 2.48 bits per heavy atom. The van der Waals surface area contributed by atoms with Crippen molar-refractivity contribution in [3.05, 3.63) is 80.3 Å². The van der Waals surface area contributed by atoms with E-state index in [-0.39, 0.29) is 17.1 Å². The summed E-state index contributed by atoms with van der Waals surface area (Å²) in [4.78, 5) is 31.2. The van der Waals surface area contributed by atoms with E-state index in [9.17, 15) is 14.0 Å². The molecule has 3 rings (SSSR count). The smallest absolute Gasteiger partial charge is 0.277 e. The monoisotopic (exact) mass is 448 g/mol. The number of rotatable bonds is 5. The summed E-state index contributed by atoms with van der Waals surface area (Å²) in [7, 11) is 0. The van der Waals surface area contributed by atoms with E-state index in [1.54, 1.807) is 0 Å². The Kier molecular flexibility index (Phi) is 5.92. The van der Waals surface area contributed by atoms with Crippen LogP contribution in [0.2, 0.25) is 0 Å². The maximum Gasteiger partial charge on any atom is 0.277 e. The zero-order valence-electron chi connectivity index (χ0n) is 13.8. The third kappa shape index (κ3) is 4.95. The second-order valence-electron chi connectivity index (χ2n) is 5.51. The van der Waals surface area contributed by atoms with Gasteiger partial charge in [-0.3, -0.25) is 14.6 Å². The quantitative estimate of drug-likeness (QED) is 0.407. The van der Waals surface area contributed by atoms with Crippen molar-refractivity contribution in [3.8, 4) is 0 Å². The minimum Gasteiger partial charge on any atom is -0.382 e. The Balaban J connectivity index is 1.72. The highest BCUT2D eigenvalue weighted by molar-refractivity contribution is 9.10. The summed E-state index contributed by atoms with van der Waals surface area (Å²) >= 11 is 4.69. The largest absolute Gasteiger partial charge is 0.382 e. The van der Waals surface area contributed by atoms with Gasteiger partial charge >= 0.3 is 0 Å². The summed E-state index contributed by atoms with van der Waals surface area (Å²) in [5.41, 5.74) is 6.39. The lowest BCUT2D eigenvalue weighted by Gasteiger charge is -2.08. The van der Waals surface area contributed by atoms with Crippen molar-refractivity contribution < 1.29 is 9.18 Å². The van der Waals surface area contributed by atoms with Crippen molar-refractivity contribution in [1.82, 2.24) is 9.97 Å². The fraction of sp³-hybridized carbons (Fsp3) is 0.0556. The first kappa shape index (κ1) is 19.1. The predicted octanol–water partition coefficient (Wildman–Crippen LogP) is 3.80. The summed E-state index contributed by atoms with van der Waals surface area (Å²) in [6.07, 6.45) is 0. The number of thioether (sulfide) groups is 1. The average Bonchev–Trinajstić information content (AvgIpc) is 2.64. The van der Waals surface area contributed by atoms with Crippen LogP contribution < -0.4 is 16.6 Å². The SMILES string of the molecule is Nc1nc(SCc2ccc(Br)cc2)[nH]c(=O)c1NC(=O)c1ccc(F)cc1. The molecule has 0 unspecified atom stereocenters. The van der Waals surface area contributed by atoms with Crippen molar-refractivity contribution in [2.24, 2.45) is 0 Å². The van der Waals surface area contributed by atoms with Gasteiger partial charge in [0.15, 0.2) is 11.0 Å². The Hall–Kier alpha value is -2.65. The van der Waals surface area contributed by atoms with Crippen LogP contribution in [-0.4, -0.2) is 15.9 Å². The maximum atomic E-state index is 12.9. The molecule has 0 spiro atoms. The first-order valence-electron chi connectivity index (χ1n) is 7.76. The van der Waals surface area contributed by atoms with E-state index in [2.05, 4.69) is 31.2 Å². The molecule has 4 N–H and O–H groups in total. The lowest BCUT2D eigenvalue weighted by molar-refractivity contribution is 0.102. The van der Waals surface area contributed by atoms with Gasteiger partial charge < -0.3 is 11.1 Å². The van der Waals surface area contributed by atoms with Crippen LogP contribution in [0.4, 0.5) is 15.9 Å². The van der Waals surface area contributed by atoms with Crippen LogP contribution >= 0.6 is 27.7 Å². The standard InChI is InChI=1S/C18H14BrFN4O2S/c19-12-5-1-10(2-6-12)9-27-18-23-15(21)14(17(26)24-18)22-16(25)11-3-7-13(20)8-4-11/h1-8H,9H2,(H,22,25)(H3,21,23,24,26). The number of nitrogens with zero attached hydrogens (tertiary/aromatic N) is 1. The molecule has 0 radical (unpaired) electrons. The van der Waals surface area contributed by atoms with Crippen molar-refractivity contribution in [2.75, 3.05) is 11.1 Å². The highest BCUT2D eigenvalue weighted by Crippen LogP contribution is 2.22. The van der Waals surface area contributed by atoms with Crippen LogP contribution in [0.5, 0.6) is 0 Å². The molecular formula is C18H14BrFN4O2S. The van der Waals surface area contributed by atoms with Crippen LogP contribution in [-0.2, 0) is 5.75 Å². The van der Waals surface area contributed by atoms with Crippen LogP contribution in [0.25, 0.3) is 0 Å². The van der Waals surface area contributed by atoms with Crippen molar-refractivity contribution in [3.63, 3.8) is 0 Å². The van der Waals surface area contributed by atoms with Gasteiger partial charge in [0.05, 0.1) is 0 Å². The van der Waals surface area contributed by atoms with Crippen molar-refractivity contribution in [1.29, 1.82) is 0 Å². The highest BCUT2D eigenvalue weighted by atomic mass is 79.9. The average molecular weight is 449 g/mol. The summed E-state index contributed by atoms with van der Waals surface area (Å²) in [6, 6.07) is 12.7. The van der Waals surface area contributed by atoms with Gasteiger partial charge in [0.2, 0.25) is 0 Å². The number of aromatic amines is 1. The maximum absolute atomic E-state index is 12.9. The van der Waals surface area contributed by atoms with Crippen molar-refractivity contribution >= 4 is 45.1 Å². The van der Waals surface area contributed by atoms with E-state index >= 15 is 0 Å². The van der Waals surface area contributed by atoms with E-state index in [0.29, 0.717) is 10.9 Å². The topological polar surface area (TPSA) is 101 Å². The molecule has 0 aliphatic rings. The second kappa shape index (κ2) is 8.36. The molecule has 138 valence electrons. The number of aromatic nitrogens is 2. The molecular weight excluding hydrogens is 435 g/mol. The van der Waals surface area contributed by atoms with E-state index < -0.39 is 17.3 Å². The van der Waals surface area contributed by atoms with Crippen LogP contribution in [0.1, 0.15) is 15.9 Å². The van der Waals surface area contributed by atoms with Gasteiger partial charge in [0.1, 0.15) is 11.5 Å². The molecule has 0 fully saturated rings. The first-order chi connectivity index (χ1) is 12.9. The molecule has 27 heavy (non-hydrogen) atoms. The molecule has 0 saturated heterocycles. The fourth-order valence-corrected chi connectivity index (χ4v) is 3.27. The zero-order chi connectivity index (χ0) is 19.4. The fourth-order valence-electron chi connectivity index (χ4n) is 2.18. The number of carbonyl (C=O) groups is 1. The van der Waals surface area contributed by atoms with Gasteiger partial charge in [0.25, 0.3) is 11.5 Å². The minimum atomic E-state index is -0.579. The number of hydrogen-bond donors (Lipinski definition) is 3. The molecule has 0 atom stereocenters. The van der Waals surface area contributed by atoms with Crippen molar-refractivity contribution in [2.45, 2.75) is 10.9 Å². The Morgan fingerprint density at radius 2 is 1.85 bits per heavy atom. The number of amides is 1. The number of nitrogens with one attached hydrogen (secondary N) is 2. The molecule has 1 aromatic heterocycles. The molecule has 0 bridgehead atoms. The van der Waals surface area contributed by atoms with Gasteiger partial charge in [-0.15, -0.1) is 0 Å². The number of benzene rings is 2. The molecule has 0 aliphatic heterocycles. The number of halogens is 2. The summed E-state index contributed by atoms with van der Waals surface area (Å²) in [6.45, 7) is 0. The Labute approximate surface area is 166 Å². The summed E-state index contributed by atoms with van der Waals surface area (Å²) in [5, 5.41) is 2.76. The Bertz CT molecular complexity index is 1020. The molecule has 1 heterocycles. The van der Waals surface area contributed by atoms with Crippen LogP contribution in [0.3, 0.4) is 0 Å². The molecule has 2 aromatic carbocycles. The third-order valence-electron chi connectivity index (χ3n) is 3.56. The van der Waals surface area contributed by atoms with Crippen LogP contribution in [0, 0.1) is 5.82 Å². The van der Waals surface area contributed by atoms with Crippen LogP contribution in [0.15, 0.2) is 63.0 Å². The molecule has 3 aromatic rings. The Morgan fingerprint density at radius 1 is 1.19 bits per heavy atom. The first-order valence-corrected chi connectivity index (χ1v) is 9.54. The predicted molar refractivity (Wildman–Crippen MR) is 107 cm³/mol. The lowest BCUT2D eigenvalue weighted by atomic mass is 10.2. The number of nitrogens with two attached hydrogens (primary N) is 1. The number of anilines is 2. The summed E-state index contributed by atoms with van der Waals surface area (Å²) in [5.74, 6) is -0.536. The third-order valence-corrected chi connectivity index (χ3v) is 5.03. The van der Waals surface area contributed by atoms with E-state index in [0.717, 1.165) is 22.2 Å². The number of nitrogen functional groups attached to an aromatic ring is 1. The van der Waals surface area contributed by atoms with E-state index in [1.165, 1.54) is 23.9 Å². The minimum absolute atomic E-state index is 0.0903.